The maximum atomic E-state index is 13.0. The number of nitrogens with one attached hydrogen (secondary N) is 1. The van der Waals surface area contributed by atoms with Crippen molar-refractivity contribution in [2.45, 2.75) is 31.5 Å². The summed E-state index contributed by atoms with van der Waals surface area (Å²) in [5.41, 5.74) is 3.32. The Kier molecular flexibility index (Phi) is 5.35. The van der Waals surface area contributed by atoms with Gasteiger partial charge in [0.25, 0.3) is 5.22 Å². The second-order valence-electron chi connectivity index (χ2n) is 6.91. The number of hydrogen-bond donors (Lipinski definition) is 1. The van der Waals surface area contributed by atoms with Gasteiger partial charge in [0.1, 0.15) is 0 Å². The lowest BCUT2D eigenvalue weighted by Gasteiger charge is -2.27. The highest BCUT2D eigenvalue weighted by molar-refractivity contribution is 7.99. The van der Waals surface area contributed by atoms with Gasteiger partial charge in [0, 0.05) is 18.0 Å². The molecule has 2 aromatic carbocycles. The summed E-state index contributed by atoms with van der Waals surface area (Å²) in [6.07, 6.45) is 0.239. The Hall–Kier alpha value is -3.13. The predicted octanol–water partition coefficient (Wildman–Crippen LogP) is 3.90. The number of thioether (sulfide) groups is 1. The lowest BCUT2D eigenvalue weighted by Crippen LogP contribution is -2.40. The zero-order chi connectivity index (χ0) is 20.4. The summed E-state index contributed by atoms with van der Waals surface area (Å²) in [5, 5.41) is 11.3. The monoisotopic (exact) mass is 408 g/mol. The molecule has 2 heterocycles. The molecule has 1 N–H and O–H groups in total. The zero-order valence-electron chi connectivity index (χ0n) is 16.1. The number of amides is 2. The van der Waals surface area contributed by atoms with Crippen molar-refractivity contribution >= 4 is 35.0 Å². The van der Waals surface area contributed by atoms with E-state index in [-0.39, 0.29) is 30.0 Å². The fourth-order valence-corrected chi connectivity index (χ4v) is 3.86. The van der Waals surface area contributed by atoms with Crippen LogP contribution >= 0.6 is 11.8 Å². The first kappa shape index (κ1) is 19.2. The van der Waals surface area contributed by atoms with Crippen LogP contribution in [0.4, 0.5) is 11.4 Å². The van der Waals surface area contributed by atoms with Crippen LogP contribution in [0, 0.1) is 6.92 Å². The molecular formula is C21H20N4O3S. The van der Waals surface area contributed by atoms with Crippen LogP contribution in [0.3, 0.4) is 0 Å². The fraction of sp³-hybridized carbons (Fsp3) is 0.238. The van der Waals surface area contributed by atoms with Crippen LogP contribution in [0.2, 0.25) is 0 Å². The Labute approximate surface area is 172 Å². The van der Waals surface area contributed by atoms with Crippen molar-refractivity contribution in [3.8, 4) is 11.5 Å². The number of para-hydroxylation sites is 2. The molecule has 148 valence electrons. The Balaban J connectivity index is 1.48. The lowest BCUT2D eigenvalue weighted by atomic mass is 10.1. The van der Waals surface area contributed by atoms with E-state index in [0.717, 1.165) is 11.1 Å². The van der Waals surface area contributed by atoms with Gasteiger partial charge in [-0.3, -0.25) is 9.59 Å². The van der Waals surface area contributed by atoms with E-state index in [9.17, 15) is 9.59 Å². The number of hydrogen-bond acceptors (Lipinski definition) is 6. The van der Waals surface area contributed by atoms with Gasteiger partial charge < -0.3 is 14.6 Å². The first-order valence-corrected chi connectivity index (χ1v) is 10.2. The van der Waals surface area contributed by atoms with Gasteiger partial charge in [0.2, 0.25) is 17.7 Å². The van der Waals surface area contributed by atoms with Gasteiger partial charge >= 0.3 is 0 Å². The second kappa shape index (κ2) is 8.08. The molecule has 0 aliphatic carbocycles. The van der Waals surface area contributed by atoms with Gasteiger partial charge in [-0.2, -0.15) is 0 Å². The average molecular weight is 408 g/mol. The van der Waals surface area contributed by atoms with Crippen molar-refractivity contribution in [3.63, 3.8) is 0 Å². The second-order valence-corrected chi connectivity index (χ2v) is 7.84. The van der Waals surface area contributed by atoms with Gasteiger partial charge in [0.05, 0.1) is 17.1 Å². The number of aromatic nitrogens is 2. The molecule has 0 radical (unpaired) electrons. The van der Waals surface area contributed by atoms with E-state index in [1.807, 2.05) is 56.3 Å². The van der Waals surface area contributed by atoms with Crippen molar-refractivity contribution in [1.82, 2.24) is 10.2 Å². The summed E-state index contributed by atoms with van der Waals surface area (Å²) in [6.45, 7) is 3.88. The fourth-order valence-electron chi connectivity index (χ4n) is 3.24. The van der Waals surface area contributed by atoms with Crippen LogP contribution in [-0.2, 0) is 9.59 Å². The van der Waals surface area contributed by atoms with Crippen molar-refractivity contribution in [1.29, 1.82) is 0 Å². The van der Waals surface area contributed by atoms with E-state index in [1.54, 1.807) is 11.0 Å². The highest BCUT2D eigenvalue weighted by atomic mass is 32.2. The average Bonchev–Trinajstić information content (AvgIpc) is 3.12. The first-order valence-electron chi connectivity index (χ1n) is 9.25. The molecule has 29 heavy (non-hydrogen) atoms. The molecule has 0 fully saturated rings. The van der Waals surface area contributed by atoms with Crippen molar-refractivity contribution in [2.24, 2.45) is 0 Å². The van der Waals surface area contributed by atoms with Gasteiger partial charge in [-0.15, -0.1) is 10.2 Å². The van der Waals surface area contributed by atoms with Crippen molar-refractivity contribution in [2.75, 3.05) is 16.0 Å². The Morgan fingerprint density at radius 2 is 1.97 bits per heavy atom. The maximum Gasteiger partial charge on any atom is 0.277 e. The number of nitrogens with zero attached hydrogens (tertiary/aromatic N) is 3. The van der Waals surface area contributed by atoms with Gasteiger partial charge in [-0.25, -0.2) is 0 Å². The predicted molar refractivity (Wildman–Crippen MR) is 112 cm³/mol. The van der Waals surface area contributed by atoms with Gasteiger partial charge in [-0.1, -0.05) is 41.6 Å². The standard InChI is InChI=1S/C21H20N4O3S/c1-13-7-9-15(10-8-13)20-23-24-21(28-20)29-12-19(27)25-14(2)11-18(26)22-16-5-3-4-6-17(16)25/h3-10,14H,11-12H2,1-2H3,(H,22,26)/t14-/m1/s1. The lowest BCUT2D eigenvalue weighted by molar-refractivity contribution is -0.117. The quantitative estimate of drug-likeness (QED) is 0.659. The summed E-state index contributed by atoms with van der Waals surface area (Å²) < 4.78 is 5.69. The Morgan fingerprint density at radius 3 is 2.76 bits per heavy atom. The smallest absolute Gasteiger partial charge is 0.277 e. The van der Waals surface area contributed by atoms with Gasteiger partial charge in [-0.05, 0) is 38.1 Å². The van der Waals surface area contributed by atoms with Crippen LogP contribution in [0.15, 0.2) is 58.2 Å². The molecule has 8 heteroatoms. The topological polar surface area (TPSA) is 88.3 Å². The third-order valence-electron chi connectivity index (χ3n) is 4.65. The van der Waals surface area contributed by atoms with Crippen LogP contribution in [-0.4, -0.2) is 33.8 Å². The van der Waals surface area contributed by atoms with Crippen LogP contribution in [0.1, 0.15) is 18.9 Å². The van der Waals surface area contributed by atoms with Crippen molar-refractivity contribution in [3.05, 3.63) is 54.1 Å². The van der Waals surface area contributed by atoms with E-state index < -0.39 is 0 Å². The number of fused-ring (bicyclic) bond motifs is 1. The molecular weight excluding hydrogens is 388 g/mol. The highest BCUT2D eigenvalue weighted by Gasteiger charge is 2.29. The van der Waals surface area contributed by atoms with Gasteiger partial charge in [0.15, 0.2) is 0 Å². The van der Waals surface area contributed by atoms with E-state index in [1.165, 1.54) is 11.8 Å². The van der Waals surface area contributed by atoms with Crippen LogP contribution in [0.25, 0.3) is 11.5 Å². The molecule has 1 aliphatic heterocycles. The minimum absolute atomic E-state index is 0.104. The summed E-state index contributed by atoms with van der Waals surface area (Å²) in [6, 6.07) is 14.8. The summed E-state index contributed by atoms with van der Waals surface area (Å²) in [5.74, 6) is 0.319. The largest absolute Gasteiger partial charge is 0.411 e. The third-order valence-corrected chi connectivity index (χ3v) is 5.46. The molecule has 0 unspecified atom stereocenters. The minimum atomic E-state index is -0.252. The van der Waals surface area contributed by atoms with E-state index in [4.69, 9.17) is 4.42 Å². The molecule has 7 nitrogen and oxygen atoms in total. The van der Waals surface area contributed by atoms with E-state index >= 15 is 0 Å². The number of rotatable bonds is 4. The SMILES string of the molecule is Cc1ccc(-c2nnc(SCC(=O)N3c4ccccc4NC(=O)C[C@H]3C)o2)cc1. The third kappa shape index (κ3) is 4.17. The molecule has 4 rings (SSSR count). The number of anilines is 2. The molecule has 2 amide bonds. The minimum Gasteiger partial charge on any atom is -0.411 e. The Bertz CT molecular complexity index is 1050. The molecule has 0 spiro atoms. The normalized spacial score (nSPS) is 16.1. The number of carbonyl (C=O) groups is 2. The molecule has 0 saturated carbocycles. The van der Waals surface area contributed by atoms with Crippen LogP contribution < -0.4 is 10.2 Å². The Morgan fingerprint density at radius 1 is 1.21 bits per heavy atom. The molecule has 1 aromatic heterocycles. The summed E-state index contributed by atoms with van der Waals surface area (Å²) in [4.78, 5) is 26.7. The molecule has 1 aliphatic rings. The number of benzene rings is 2. The van der Waals surface area contributed by atoms with Crippen molar-refractivity contribution < 1.29 is 14.0 Å². The zero-order valence-corrected chi connectivity index (χ0v) is 16.9. The van der Waals surface area contributed by atoms with E-state index in [2.05, 4.69) is 15.5 Å². The molecule has 0 saturated heterocycles. The molecule has 1 atom stereocenters. The van der Waals surface area contributed by atoms with Crippen LogP contribution in [0.5, 0.6) is 0 Å². The maximum absolute atomic E-state index is 13.0. The molecule has 3 aromatic rings. The highest BCUT2D eigenvalue weighted by Crippen LogP contribution is 2.32. The number of carbonyl (C=O) groups excluding carboxylic acids is 2. The summed E-state index contributed by atoms with van der Waals surface area (Å²) >= 11 is 1.19. The number of aryl methyl sites for hydroxylation is 1. The first-order chi connectivity index (χ1) is 14.0. The summed E-state index contributed by atoms with van der Waals surface area (Å²) in [7, 11) is 0. The molecule has 0 bridgehead atoms. The van der Waals surface area contributed by atoms with E-state index in [0.29, 0.717) is 22.5 Å².